The van der Waals surface area contributed by atoms with E-state index in [9.17, 15) is 5.11 Å². The zero-order chi connectivity index (χ0) is 8.97. The lowest BCUT2D eigenvalue weighted by Gasteiger charge is -2.08. The molecule has 1 heteroatoms. The topological polar surface area (TPSA) is 20.2 Å². The minimum absolute atomic E-state index is 0.598. The van der Waals surface area contributed by atoms with Gasteiger partial charge in [0.2, 0.25) is 0 Å². The third-order valence-corrected chi connectivity index (χ3v) is 1.76. The van der Waals surface area contributed by atoms with Gasteiger partial charge in [-0.25, -0.2) is 0 Å². The molecule has 1 N–H and O–H groups in total. The molecule has 0 bridgehead atoms. The minimum Gasteiger partial charge on any atom is -0.384 e. The van der Waals surface area contributed by atoms with Crippen molar-refractivity contribution in [1.82, 2.24) is 0 Å². The summed E-state index contributed by atoms with van der Waals surface area (Å²) >= 11 is 0. The van der Waals surface area contributed by atoms with Crippen LogP contribution < -0.4 is 0 Å². The molecule has 62 valence electrons. The van der Waals surface area contributed by atoms with Gasteiger partial charge in [0.1, 0.15) is 0 Å². The van der Waals surface area contributed by atoms with E-state index in [1.807, 2.05) is 24.3 Å². The van der Waals surface area contributed by atoms with E-state index in [-0.39, 0.29) is 0 Å². The van der Waals surface area contributed by atoms with Gasteiger partial charge in [0.25, 0.3) is 0 Å². The zero-order valence-electron chi connectivity index (χ0n) is 6.90. The van der Waals surface area contributed by atoms with Crippen molar-refractivity contribution in [2.24, 2.45) is 0 Å². The Balaban J connectivity index is 3.12. The Morgan fingerprint density at radius 2 is 1.92 bits per heavy atom. The third kappa shape index (κ3) is 1.63. The molecule has 0 saturated heterocycles. The van der Waals surface area contributed by atoms with Crippen LogP contribution in [-0.2, 0) is 0 Å². The molecule has 0 fully saturated rings. The molecule has 0 saturated carbocycles. The van der Waals surface area contributed by atoms with Crippen LogP contribution in [0.15, 0.2) is 43.5 Å². The fraction of sp³-hybridized carbons (Fsp3) is 0.0909. The van der Waals surface area contributed by atoms with Crippen molar-refractivity contribution in [3.05, 3.63) is 54.6 Å². The fourth-order valence-electron chi connectivity index (χ4n) is 1.09. The summed E-state index contributed by atoms with van der Waals surface area (Å²) in [6.45, 7) is 7.19. The molecule has 0 amide bonds. The van der Waals surface area contributed by atoms with Gasteiger partial charge in [-0.05, 0) is 11.1 Å². The van der Waals surface area contributed by atoms with Crippen molar-refractivity contribution in [2.75, 3.05) is 0 Å². The summed E-state index contributed by atoms with van der Waals surface area (Å²) in [5.41, 5.74) is 1.80. The largest absolute Gasteiger partial charge is 0.384 e. The molecule has 0 aromatic heterocycles. The highest BCUT2D eigenvalue weighted by Crippen LogP contribution is 2.19. The molecule has 1 atom stereocenters. The number of benzene rings is 1. The van der Waals surface area contributed by atoms with Gasteiger partial charge in [0.05, 0.1) is 6.10 Å². The molecule has 1 unspecified atom stereocenters. The Hall–Kier alpha value is -1.34. The van der Waals surface area contributed by atoms with Gasteiger partial charge >= 0.3 is 0 Å². The summed E-state index contributed by atoms with van der Waals surface area (Å²) in [4.78, 5) is 0. The molecule has 0 heterocycles. The van der Waals surface area contributed by atoms with Gasteiger partial charge in [-0.1, -0.05) is 43.0 Å². The summed E-state index contributed by atoms with van der Waals surface area (Å²) in [6, 6.07) is 7.57. The molecule has 0 radical (unpaired) electrons. The van der Waals surface area contributed by atoms with Crippen LogP contribution in [0, 0.1) is 0 Å². The van der Waals surface area contributed by atoms with E-state index >= 15 is 0 Å². The Labute approximate surface area is 72.7 Å². The lowest BCUT2D eigenvalue weighted by atomic mass is 10.0. The Bertz CT molecular complexity index is 289. The maximum Gasteiger partial charge on any atom is 0.0974 e. The second-order valence-corrected chi connectivity index (χ2v) is 2.51. The number of aliphatic hydroxyl groups excluding tert-OH is 1. The molecule has 1 nitrogen and oxygen atoms in total. The molecule has 1 aromatic carbocycles. The van der Waals surface area contributed by atoms with Crippen LogP contribution in [0.25, 0.3) is 6.08 Å². The second-order valence-electron chi connectivity index (χ2n) is 2.51. The van der Waals surface area contributed by atoms with Crippen LogP contribution in [0.3, 0.4) is 0 Å². The smallest absolute Gasteiger partial charge is 0.0974 e. The van der Waals surface area contributed by atoms with Crippen LogP contribution in [0.5, 0.6) is 0 Å². The normalized spacial score (nSPS) is 12.1. The van der Waals surface area contributed by atoms with E-state index in [1.54, 1.807) is 6.08 Å². The average Bonchev–Trinajstić information content (AvgIpc) is 2.16. The highest BCUT2D eigenvalue weighted by atomic mass is 16.3. The Morgan fingerprint density at radius 1 is 1.25 bits per heavy atom. The van der Waals surface area contributed by atoms with Crippen molar-refractivity contribution in [3.63, 3.8) is 0 Å². The zero-order valence-corrected chi connectivity index (χ0v) is 6.90. The standard InChI is InChI=1S/C11H12O/c1-3-9-7-5-6-8-10(9)11(12)4-2/h3-8,11-12H,1-2H2. The fourth-order valence-corrected chi connectivity index (χ4v) is 1.09. The predicted octanol–water partition coefficient (Wildman–Crippen LogP) is 2.55. The SMILES string of the molecule is C=Cc1ccccc1C(O)C=C. The minimum atomic E-state index is -0.598. The summed E-state index contributed by atoms with van der Waals surface area (Å²) in [5, 5.41) is 9.48. The van der Waals surface area contributed by atoms with Gasteiger partial charge in [0, 0.05) is 0 Å². The van der Waals surface area contributed by atoms with Gasteiger partial charge in [0.15, 0.2) is 0 Å². The van der Waals surface area contributed by atoms with E-state index in [2.05, 4.69) is 13.2 Å². The van der Waals surface area contributed by atoms with E-state index < -0.39 is 6.10 Å². The molecule has 0 aliphatic carbocycles. The first-order valence-electron chi connectivity index (χ1n) is 3.81. The molecule has 12 heavy (non-hydrogen) atoms. The molecular weight excluding hydrogens is 148 g/mol. The first-order valence-corrected chi connectivity index (χ1v) is 3.81. The molecule has 1 rings (SSSR count). The number of hydrogen-bond acceptors (Lipinski definition) is 1. The summed E-state index contributed by atoms with van der Waals surface area (Å²) in [5.74, 6) is 0. The first kappa shape index (κ1) is 8.75. The second kappa shape index (κ2) is 3.88. The van der Waals surface area contributed by atoms with Crippen LogP contribution in [0.2, 0.25) is 0 Å². The van der Waals surface area contributed by atoms with Crippen molar-refractivity contribution < 1.29 is 5.11 Å². The van der Waals surface area contributed by atoms with Crippen LogP contribution in [0.4, 0.5) is 0 Å². The van der Waals surface area contributed by atoms with E-state index in [0.717, 1.165) is 11.1 Å². The summed E-state index contributed by atoms with van der Waals surface area (Å²) < 4.78 is 0. The molecule has 0 aliphatic rings. The lowest BCUT2D eigenvalue weighted by molar-refractivity contribution is 0.229. The van der Waals surface area contributed by atoms with Crippen molar-refractivity contribution in [1.29, 1.82) is 0 Å². The third-order valence-electron chi connectivity index (χ3n) is 1.76. The van der Waals surface area contributed by atoms with E-state index in [0.29, 0.717) is 0 Å². The maximum absolute atomic E-state index is 9.48. The molecule has 0 aliphatic heterocycles. The van der Waals surface area contributed by atoms with Crippen LogP contribution in [-0.4, -0.2) is 5.11 Å². The molecule has 0 spiro atoms. The maximum atomic E-state index is 9.48. The molecular formula is C11H12O. The van der Waals surface area contributed by atoms with E-state index in [4.69, 9.17) is 0 Å². The van der Waals surface area contributed by atoms with Gasteiger partial charge in [-0.2, -0.15) is 0 Å². The van der Waals surface area contributed by atoms with E-state index in [1.165, 1.54) is 6.08 Å². The highest BCUT2D eigenvalue weighted by molar-refractivity contribution is 5.52. The number of rotatable bonds is 3. The van der Waals surface area contributed by atoms with Gasteiger partial charge in [-0.3, -0.25) is 0 Å². The predicted molar refractivity (Wildman–Crippen MR) is 51.7 cm³/mol. The summed E-state index contributed by atoms with van der Waals surface area (Å²) in [7, 11) is 0. The Morgan fingerprint density at radius 3 is 2.50 bits per heavy atom. The van der Waals surface area contributed by atoms with Crippen molar-refractivity contribution in [2.45, 2.75) is 6.10 Å². The molecule has 1 aromatic rings. The van der Waals surface area contributed by atoms with Crippen molar-refractivity contribution >= 4 is 6.08 Å². The van der Waals surface area contributed by atoms with Gasteiger partial charge in [-0.15, -0.1) is 6.58 Å². The summed E-state index contributed by atoms with van der Waals surface area (Å²) in [6.07, 6.45) is 2.63. The van der Waals surface area contributed by atoms with Crippen LogP contribution in [0.1, 0.15) is 17.2 Å². The number of aliphatic hydroxyl groups is 1. The van der Waals surface area contributed by atoms with Crippen LogP contribution >= 0.6 is 0 Å². The lowest BCUT2D eigenvalue weighted by Crippen LogP contribution is -1.94. The highest BCUT2D eigenvalue weighted by Gasteiger charge is 2.04. The quantitative estimate of drug-likeness (QED) is 0.674. The monoisotopic (exact) mass is 160 g/mol. The Kier molecular flexibility index (Phi) is 2.83. The van der Waals surface area contributed by atoms with Gasteiger partial charge < -0.3 is 5.11 Å². The number of hydrogen-bond donors (Lipinski definition) is 1. The average molecular weight is 160 g/mol. The first-order chi connectivity index (χ1) is 5.79. The van der Waals surface area contributed by atoms with Crippen molar-refractivity contribution in [3.8, 4) is 0 Å².